The van der Waals surface area contributed by atoms with Crippen molar-refractivity contribution in [3.63, 3.8) is 0 Å². The molecule has 6 nitrogen and oxygen atoms in total. The number of likely N-dealkylation sites (N-methyl/N-ethyl adjacent to an activating group) is 1. The third-order valence-electron chi connectivity index (χ3n) is 4.71. The molecule has 2 aromatic carbocycles. The van der Waals surface area contributed by atoms with Gasteiger partial charge < -0.3 is 9.80 Å². The van der Waals surface area contributed by atoms with Gasteiger partial charge in [-0.3, -0.25) is 9.52 Å². The molecular formula is C19H23FN3O3S+. The number of rotatable bonds is 4. The predicted octanol–water partition coefficient (Wildman–Crippen LogP) is 0.905. The average molecular weight is 392 g/mol. The van der Waals surface area contributed by atoms with E-state index in [1.807, 2.05) is 4.90 Å². The van der Waals surface area contributed by atoms with Crippen molar-refractivity contribution in [2.24, 2.45) is 0 Å². The topological polar surface area (TPSA) is 70.9 Å². The minimum Gasteiger partial charge on any atom is -0.334 e. The van der Waals surface area contributed by atoms with Crippen molar-refractivity contribution in [2.45, 2.75) is 11.8 Å². The molecule has 0 unspecified atom stereocenters. The lowest BCUT2D eigenvalue weighted by atomic mass is 10.1. The minimum absolute atomic E-state index is 0.0176. The maximum absolute atomic E-state index is 13.2. The van der Waals surface area contributed by atoms with Gasteiger partial charge in [-0.1, -0.05) is 0 Å². The second kappa shape index (κ2) is 7.66. The summed E-state index contributed by atoms with van der Waals surface area (Å²) in [6.45, 7) is 4.80. The zero-order valence-corrected chi connectivity index (χ0v) is 16.1. The van der Waals surface area contributed by atoms with Crippen molar-refractivity contribution in [2.75, 3.05) is 37.9 Å². The number of hydrogen-bond donors (Lipinski definition) is 2. The number of halogens is 1. The van der Waals surface area contributed by atoms with Gasteiger partial charge in [0.15, 0.2) is 0 Å². The molecular weight excluding hydrogens is 369 g/mol. The fourth-order valence-electron chi connectivity index (χ4n) is 3.08. The number of quaternary nitrogens is 1. The van der Waals surface area contributed by atoms with Crippen molar-refractivity contribution >= 4 is 21.6 Å². The zero-order chi connectivity index (χ0) is 19.6. The minimum atomic E-state index is -3.84. The fraction of sp³-hybridized carbons (Fsp3) is 0.316. The maximum Gasteiger partial charge on any atom is 0.262 e. The van der Waals surface area contributed by atoms with Crippen molar-refractivity contribution in [1.29, 1.82) is 0 Å². The molecule has 0 radical (unpaired) electrons. The van der Waals surface area contributed by atoms with Crippen LogP contribution in [0.2, 0.25) is 0 Å². The first-order valence-corrected chi connectivity index (χ1v) is 10.2. The van der Waals surface area contributed by atoms with E-state index in [0.29, 0.717) is 29.9 Å². The lowest BCUT2D eigenvalue weighted by Crippen LogP contribution is -3.12. The SMILES string of the molecule is Cc1cc(F)ccc1S(=O)(=O)Nc1ccc(C(=O)N2CC[NH+](C)CC2)cc1. The first kappa shape index (κ1) is 19.3. The van der Waals surface area contributed by atoms with Crippen LogP contribution in [0.4, 0.5) is 10.1 Å². The molecule has 8 heteroatoms. The highest BCUT2D eigenvalue weighted by Crippen LogP contribution is 2.21. The first-order chi connectivity index (χ1) is 12.8. The molecule has 1 fully saturated rings. The third-order valence-corrected chi connectivity index (χ3v) is 6.26. The molecule has 0 saturated carbocycles. The van der Waals surface area contributed by atoms with Gasteiger partial charge in [0.05, 0.1) is 38.1 Å². The van der Waals surface area contributed by atoms with Gasteiger partial charge in [-0.05, 0) is 55.0 Å². The molecule has 2 N–H and O–H groups in total. The molecule has 144 valence electrons. The van der Waals surface area contributed by atoms with Crippen LogP contribution in [0.5, 0.6) is 0 Å². The molecule has 1 aliphatic heterocycles. The molecule has 1 aliphatic rings. The van der Waals surface area contributed by atoms with Gasteiger partial charge in [-0.15, -0.1) is 0 Å². The number of nitrogens with one attached hydrogen (secondary N) is 2. The van der Waals surface area contributed by atoms with Gasteiger partial charge in [0.25, 0.3) is 15.9 Å². The van der Waals surface area contributed by atoms with E-state index in [4.69, 9.17) is 0 Å². The Balaban J connectivity index is 1.72. The van der Waals surface area contributed by atoms with Crippen LogP contribution in [-0.4, -0.2) is 52.5 Å². The van der Waals surface area contributed by atoms with Crippen molar-refractivity contribution in [1.82, 2.24) is 4.90 Å². The number of anilines is 1. The van der Waals surface area contributed by atoms with E-state index in [1.54, 1.807) is 24.3 Å². The van der Waals surface area contributed by atoms with Gasteiger partial charge in [0.1, 0.15) is 5.82 Å². The van der Waals surface area contributed by atoms with Crippen LogP contribution in [0.1, 0.15) is 15.9 Å². The Hall–Kier alpha value is -2.45. The quantitative estimate of drug-likeness (QED) is 0.813. The summed E-state index contributed by atoms with van der Waals surface area (Å²) in [6.07, 6.45) is 0. The van der Waals surface area contributed by atoms with Gasteiger partial charge in [-0.25, -0.2) is 12.8 Å². The summed E-state index contributed by atoms with van der Waals surface area (Å²) >= 11 is 0. The zero-order valence-electron chi connectivity index (χ0n) is 15.3. The summed E-state index contributed by atoms with van der Waals surface area (Å²) in [6, 6.07) is 9.87. The van der Waals surface area contributed by atoms with Crippen LogP contribution in [0.3, 0.4) is 0 Å². The number of aryl methyl sites for hydroxylation is 1. The smallest absolute Gasteiger partial charge is 0.262 e. The molecule has 0 aromatic heterocycles. The first-order valence-electron chi connectivity index (χ1n) is 8.76. The van der Waals surface area contributed by atoms with Gasteiger partial charge in [0.2, 0.25) is 0 Å². The summed E-state index contributed by atoms with van der Waals surface area (Å²) in [5.74, 6) is -0.536. The van der Waals surface area contributed by atoms with Crippen molar-refractivity contribution in [3.8, 4) is 0 Å². The van der Waals surface area contributed by atoms with Crippen LogP contribution in [0.15, 0.2) is 47.4 Å². The Labute approximate surface area is 158 Å². The Morgan fingerprint density at radius 1 is 1.11 bits per heavy atom. The summed E-state index contributed by atoms with van der Waals surface area (Å²) in [7, 11) is -1.73. The Morgan fingerprint density at radius 2 is 1.74 bits per heavy atom. The fourth-order valence-corrected chi connectivity index (χ4v) is 4.37. The molecule has 0 spiro atoms. The number of carbonyl (C=O) groups excluding carboxylic acids is 1. The molecule has 1 saturated heterocycles. The molecule has 0 atom stereocenters. The van der Waals surface area contributed by atoms with E-state index in [-0.39, 0.29) is 10.8 Å². The highest BCUT2D eigenvalue weighted by molar-refractivity contribution is 7.92. The largest absolute Gasteiger partial charge is 0.334 e. The predicted molar refractivity (Wildman–Crippen MR) is 101 cm³/mol. The summed E-state index contributed by atoms with van der Waals surface area (Å²) in [4.78, 5) is 15.8. The highest BCUT2D eigenvalue weighted by Gasteiger charge is 2.23. The molecule has 27 heavy (non-hydrogen) atoms. The Bertz CT molecular complexity index is 937. The normalized spacial score (nSPS) is 15.6. The van der Waals surface area contributed by atoms with E-state index in [2.05, 4.69) is 11.8 Å². The van der Waals surface area contributed by atoms with Crippen LogP contribution in [-0.2, 0) is 10.0 Å². The highest BCUT2D eigenvalue weighted by atomic mass is 32.2. The number of sulfonamides is 1. The number of amides is 1. The number of benzene rings is 2. The van der Waals surface area contributed by atoms with Crippen LogP contribution in [0.25, 0.3) is 0 Å². The lowest BCUT2D eigenvalue weighted by molar-refractivity contribution is -0.883. The monoisotopic (exact) mass is 392 g/mol. The van der Waals surface area contributed by atoms with Gasteiger partial charge >= 0.3 is 0 Å². The average Bonchev–Trinajstić information content (AvgIpc) is 2.62. The van der Waals surface area contributed by atoms with Crippen LogP contribution in [0, 0.1) is 12.7 Å². The summed E-state index contributed by atoms with van der Waals surface area (Å²) in [5, 5.41) is 0. The van der Waals surface area contributed by atoms with E-state index >= 15 is 0 Å². The van der Waals surface area contributed by atoms with Gasteiger partial charge in [-0.2, -0.15) is 0 Å². The van der Waals surface area contributed by atoms with Gasteiger partial charge in [0, 0.05) is 11.3 Å². The van der Waals surface area contributed by atoms with E-state index in [9.17, 15) is 17.6 Å². The Kier molecular flexibility index (Phi) is 5.48. The number of piperazine rings is 1. The maximum atomic E-state index is 13.2. The van der Waals surface area contributed by atoms with E-state index in [1.165, 1.54) is 24.0 Å². The van der Waals surface area contributed by atoms with E-state index < -0.39 is 15.8 Å². The summed E-state index contributed by atoms with van der Waals surface area (Å²) < 4.78 is 40.7. The second-order valence-electron chi connectivity index (χ2n) is 6.84. The third kappa shape index (κ3) is 4.45. The standard InChI is InChI=1S/C19H22FN3O3S/c1-14-13-16(20)5-8-18(14)27(25,26)21-17-6-3-15(4-7-17)19(24)23-11-9-22(2)10-12-23/h3-8,13,21H,9-12H2,1-2H3/p+1. The second-order valence-corrected chi connectivity index (χ2v) is 8.49. The van der Waals surface area contributed by atoms with Crippen molar-refractivity contribution in [3.05, 3.63) is 59.4 Å². The number of nitrogens with zero attached hydrogens (tertiary/aromatic N) is 1. The lowest BCUT2D eigenvalue weighted by Gasteiger charge is -2.30. The molecule has 1 heterocycles. The molecule has 3 rings (SSSR count). The number of carbonyl (C=O) groups is 1. The summed E-state index contributed by atoms with van der Waals surface area (Å²) in [5.41, 5.74) is 1.19. The Morgan fingerprint density at radius 3 is 2.33 bits per heavy atom. The molecule has 2 aromatic rings. The van der Waals surface area contributed by atoms with Crippen LogP contribution >= 0.6 is 0 Å². The van der Waals surface area contributed by atoms with Crippen molar-refractivity contribution < 1.29 is 22.5 Å². The molecule has 1 amide bonds. The molecule has 0 aliphatic carbocycles. The van der Waals surface area contributed by atoms with Crippen LogP contribution < -0.4 is 9.62 Å². The number of hydrogen-bond acceptors (Lipinski definition) is 3. The molecule has 0 bridgehead atoms. The van der Waals surface area contributed by atoms with E-state index in [0.717, 1.165) is 19.2 Å².